The zero-order valence-corrected chi connectivity index (χ0v) is 12.9. The summed E-state index contributed by atoms with van der Waals surface area (Å²) >= 11 is 0. The maximum atomic E-state index is 11.9. The van der Waals surface area contributed by atoms with Crippen molar-refractivity contribution in [3.63, 3.8) is 0 Å². The summed E-state index contributed by atoms with van der Waals surface area (Å²) in [6, 6.07) is 5.88. The fraction of sp³-hybridized carbons (Fsp3) is 0.571. The monoisotopic (exact) mass is 312 g/mol. The van der Waals surface area contributed by atoms with Crippen LogP contribution in [0.3, 0.4) is 0 Å². The van der Waals surface area contributed by atoms with E-state index in [2.05, 4.69) is 4.90 Å². The summed E-state index contributed by atoms with van der Waals surface area (Å²) in [5.41, 5.74) is 1.05. The third kappa shape index (κ3) is 2.94. The lowest BCUT2D eigenvalue weighted by Gasteiger charge is -2.35. The number of hydrogen-bond donors (Lipinski definition) is 0. The van der Waals surface area contributed by atoms with Gasteiger partial charge in [0.25, 0.3) is 0 Å². The minimum atomic E-state index is -3.08. The highest BCUT2D eigenvalue weighted by Gasteiger charge is 2.26. The van der Waals surface area contributed by atoms with E-state index in [1.165, 1.54) is 0 Å². The average molecular weight is 312 g/mol. The van der Waals surface area contributed by atoms with Crippen LogP contribution < -0.4 is 14.4 Å². The fourth-order valence-electron chi connectivity index (χ4n) is 2.64. The highest BCUT2D eigenvalue weighted by molar-refractivity contribution is 7.89. The topological polar surface area (TPSA) is 59.1 Å². The van der Waals surface area contributed by atoms with Gasteiger partial charge < -0.3 is 14.4 Å². The summed E-state index contributed by atoms with van der Waals surface area (Å²) in [7, 11) is -3.08. The van der Waals surface area contributed by atoms with Crippen LogP contribution in [0, 0.1) is 0 Å². The van der Waals surface area contributed by atoms with Gasteiger partial charge >= 0.3 is 0 Å². The number of ether oxygens (including phenoxy) is 2. The van der Waals surface area contributed by atoms with Gasteiger partial charge in [0, 0.05) is 37.9 Å². The molecule has 2 aliphatic rings. The molecule has 0 spiro atoms. The van der Waals surface area contributed by atoms with Gasteiger partial charge in [-0.3, -0.25) is 0 Å². The first-order valence-corrected chi connectivity index (χ1v) is 8.83. The van der Waals surface area contributed by atoms with Gasteiger partial charge in [0.1, 0.15) is 13.2 Å². The quantitative estimate of drug-likeness (QED) is 0.831. The van der Waals surface area contributed by atoms with E-state index in [4.69, 9.17) is 9.47 Å². The third-order valence-electron chi connectivity index (χ3n) is 3.89. The van der Waals surface area contributed by atoms with Crippen molar-refractivity contribution < 1.29 is 17.9 Å². The van der Waals surface area contributed by atoms with Crippen LogP contribution >= 0.6 is 0 Å². The van der Waals surface area contributed by atoms with Crippen molar-refractivity contribution in [3.8, 4) is 11.5 Å². The molecule has 1 aromatic rings. The molecule has 0 atom stereocenters. The van der Waals surface area contributed by atoms with Crippen molar-refractivity contribution in [1.82, 2.24) is 4.31 Å². The average Bonchev–Trinajstić information content (AvgIpc) is 2.54. The molecule has 1 fully saturated rings. The Morgan fingerprint density at radius 2 is 1.71 bits per heavy atom. The molecule has 0 aromatic heterocycles. The summed E-state index contributed by atoms with van der Waals surface area (Å²) in [5, 5.41) is 0. The molecule has 2 heterocycles. The van der Waals surface area contributed by atoms with Crippen molar-refractivity contribution in [3.05, 3.63) is 18.2 Å². The van der Waals surface area contributed by atoms with Crippen molar-refractivity contribution in [2.75, 3.05) is 50.0 Å². The number of nitrogens with zero attached hydrogens (tertiary/aromatic N) is 2. The molecule has 1 aromatic carbocycles. The largest absolute Gasteiger partial charge is 0.486 e. The molecule has 0 amide bonds. The van der Waals surface area contributed by atoms with Gasteiger partial charge in [-0.05, 0) is 19.1 Å². The van der Waals surface area contributed by atoms with E-state index in [0.29, 0.717) is 39.4 Å². The first-order chi connectivity index (χ1) is 10.1. The SMILES string of the molecule is CCS(=O)(=O)N1CCN(c2ccc3c(c2)OCCO3)CC1. The van der Waals surface area contributed by atoms with Crippen LogP contribution in [0.15, 0.2) is 18.2 Å². The highest BCUT2D eigenvalue weighted by atomic mass is 32.2. The van der Waals surface area contributed by atoms with E-state index in [0.717, 1.165) is 17.2 Å². The molecule has 21 heavy (non-hydrogen) atoms. The number of anilines is 1. The molecule has 7 heteroatoms. The third-order valence-corrected chi connectivity index (χ3v) is 5.77. The van der Waals surface area contributed by atoms with E-state index < -0.39 is 10.0 Å². The van der Waals surface area contributed by atoms with Crippen LogP contribution in [0.5, 0.6) is 11.5 Å². The van der Waals surface area contributed by atoms with Crippen LogP contribution in [0.1, 0.15) is 6.92 Å². The van der Waals surface area contributed by atoms with E-state index in [-0.39, 0.29) is 5.75 Å². The number of fused-ring (bicyclic) bond motifs is 1. The number of piperazine rings is 1. The summed E-state index contributed by atoms with van der Waals surface area (Å²) in [6.45, 7) is 5.29. The van der Waals surface area contributed by atoms with Crippen molar-refractivity contribution in [2.24, 2.45) is 0 Å². The molecule has 0 radical (unpaired) electrons. The van der Waals surface area contributed by atoms with Gasteiger partial charge in [-0.25, -0.2) is 8.42 Å². The van der Waals surface area contributed by atoms with Crippen LogP contribution in [-0.2, 0) is 10.0 Å². The van der Waals surface area contributed by atoms with Crippen molar-refractivity contribution >= 4 is 15.7 Å². The molecule has 2 aliphatic heterocycles. The van der Waals surface area contributed by atoms with Crippen molar-refractivity contribution in [1.29, 1.82) is 0 Å². The Hall–Kier alpha value is -1.47. The Bertz CT molecular complexity index is 609. The Morgan fingerprint density at radius 3 is 2.38 bits per heavy atom. The van der Waals surface area contributed by atoms with E-state index in [1.54, 1.807) is 11.2 Å². The van der Waals surface area contributed by atoms with Gasteiger partial charge in [0.05, 0.1) is 5.75 Å². The second-order valence-corrected chi connectivity index (χ2v) is 7.37. The molecule has 0 unspecified atom stereocenters. The Morgan fingerprint density at radius 1 is 1.05 bits per heavy atom. The first-order valence-electron chi connectivity index (χ1n) is 7.22. The molecule has 0 bridgehead atoms. The number of rotatable bonds is 3. The maximum absolute atomic E-state index is 11.9. The smallest absolute Gasteiger partial charge is 0.213 e. The molecule has 0 N–H and O–H groups in total. The van der Waals surface area contributed by atoms with E-state index in [9.17, 15) is 8.42 Å². The number of sulfonamides is 1. The molecule has 0 saturated carbocycles. The van der Waals surface area contributed by atoms with E-state index >= 15 is 0 Å². The maximum Gasteiger partial charge on any atom is 0.213 e. The van der Waals surface area contributed by atoms with Crippen molar-refractivity contribution in [2.45, 2.75) is 6.92 Å². The lowest BCUT2D eigenvalue weighted by atomic mass is 10.2. The first kappa shape index (κ1) is 14.5. The molecule has 0 aliphatic carbocycles. The normalized spacial score (nSPS) is 19.6. The minimum Gasteiger partial charge on any atom is -0.486 e. The van der Waals surface area contributed by atoms with Gasteiger partial charge in [-0.1, -0.05) is 0 Å². The number of hydrogen-bond acceptors (Lipinski definition) is 5. The van der Waals surface area contributed by atoms with E-state index in [1.807, 2.05) is 18.2 Å². The summed E-state index contributed by atoms with van der Waals surface area (Å²) in [6.07, 6.45) is 0. The second kappa shape index (κ2) is 5.73. The second-order valence-electron chi connectivity index (χ2n) is 5.11. The van der Waals surface area contributed by atoms with Crippen LogP contribution in [-0.4, -0.2) is 57.9 Å². The Balaban J connectivity index is 1.70. The predicted octanol–water partition coefficient (Wildman–Crippen LogP) is 0.929. The lowest BCUT2D eigenvalue weighted by Crippen LogP contribution is -2.49. The summed E-state index contributed by atoms with van der Waals surface area (Å²) < 4.78 is 36.4. The minimum absolute atomic E-state index is 0.164. The zero-order valence-electron chi connectivity index (χ0n) is 12.1. The predicted molar refractivity (Wildman–Crippen MR) is 80.7 cm³/mol. The van der Waals surface area contributed by atoms with Gasteiger partial charge in [-0.2, -0.15) is 4.31 Å². The fourth-order valence-corrected chi connectivity index (χ4v) is 3.72. The van der Waals surface area contributed by atoms with Gasteiger partial charge in [-0.15, -0.1) is 0 Å². The summed E-state index contributed by atoms with van der Waals surface area (Å²) in [5.74, 6) is 1.70. The van der Waals surface area contributed by atoms with Crippen LogP contribution in [0.25, 0.3) is 0 Å². The van der Waals surface area contributed by atoms with Gasteiger partial charge in [0.2, 0.25) is 10.0 Å². The van der Waals surface area contributed by atoms with Crippen LogP contribution in [0.4, 0.5) is 5.69 Å². The highest BCUT2D eigenvalue weighted by Crippen LogP contribution is 2.34. The lowest BCUT2D eigenvalue weighted by molar-refractivity contribution is 0.171. The molecule has 3 rings (SSSR count). The Labute approximate surface area is 125 Å². The number of benzene rings is 1. The molecule has 1 saturated heterocycles. The zero-order chi connectivity index (χ0) is 14.9. The van der Waals surface area contributed by atoms with Crippen LogP contribution in [0.2, 0.25) is 0 Å². The molecule has 6 nitrogen and oxygen atoms in total. The molecular weight excluding hydrogens is 292 g/mol. The summed E-state index contributed by atoms with van der Waals surface area (Å²) in [4.78, 5) is 2.18. The molecular formula is C14H20N2O4S. The van der Waals surface area contributed by atoms with Gasteiger partial charge in [0.15, 0.2) is 11.5 Å². The Kier molecular flexibility index (Phi) is 3.95. The molecule has 116 valence electrons. The standard InChI is InChI=1S/C14H20N2O4S/c1-2-21(17,18)16-7-5-15(6-8-16)12-3-4-13-14(11-12)20-10-9-19-13/h3-4,11H,2,5-10H2,1H3.